The minimum absolute atomic E-state index is 0.235. The lowest BCUT2D eigenvalue weighted by Gasteiger charge is -2.13. The summed E-state index contributed by atoms with van der Waals surface area (Å²) in [6.07, 6.45) is -0.992. The van der Waals surface area contributed by atoms with E-state index in [0.29, 0.717) is 23.2 Å². The molecule has 1 unspecified atom stereocenters. The van der Waals surface area contributed by atoms with Gasteiger partial charge in [-0.05, 0) is 29.8 Å². The molecule has 2 aromatic rings. The third-order valence-electron chi connectivity index (χ3n) is 2.80. The number of hydrogen-bond acceptors (Lipinski definition) is 2. The molecule has 0 aliphatic rings. The standard InChI is InChI=1S/C15H13Br2FO2/c16-7-8-20-12-5-6-13(14(18)9-12)15(19)10-1-3-11(17)4-2-10/h1-6,9,15,19H,7-8H2. The Bertz CT molecular complexity index is 573. The summed E-state index contributed by atoms with van der Waals surface area (Å²) in [5.74, 6) is -0.0267. The number of halogens is 3. The second-order valence-corrected chi connectivity index (χ2v) is 5.88. The summed E-state index contributed by atoms with van der Waals surface area (Å²) in [5, 5.41) is 10.9. The van der Waals surface area contributed by atoms with Crippen LogP contribution in [-0.2, 0) is 0 Å². The van der Waals surface area contributed by atoms with Gasteiger partial charge in [0, 0.05) is 21.4 Å². The van der Waals surface area contributed by atoms with E-state index in [-0.39, 0.29) is 5.56 Å². The topological polar surface area (TPSA) is 29.5 Å². The first-order valence-electron chi connectivity index (χ1n) is 6.03. The average Bonchev–Trinajstić information content (AvgIpc) is 2.45. The van der Waals surface area contributed by atoms with E-state index in [1.165, 1.54) is 6.07 Å². The van der Waals surface area contributed by atoms with Gasteiger partial charge in [0.25, 0.3) is 0 Å². The summed E-state index contributed by atoms with van der Waals surface area (Å²) >= 11 is 6.56. The van der Waals surface area contributed by atoms with E-state index in [0.717, 1.165) is 4.47 Å². The maximum Gasteiger partial charge on any atom is 0.133 e. The van der Waals surface area contributed by atoms with Crippen LogP contribution in [-0.4, -0.2) is 17.0 Å². The Morgan fingerprint density at radius 1 is 1.15 bits per heavy atom. The SMILES string of the molecule is OC(c1ccc(Br)cc1)c1ccc(OCCBr)cc1F. The first kappa shape index (κ1) is 15.5. The van der Waals surface area contributed by atoms with E-state index in [1.807, 2.05) is 12.1 Å². The second-order valence-electron chi connectivity index (χ2n) is 4.17. The van der Waals surface area contributed by atoms with Crippen molar-refractivity contribution in [2.24, 2.45) is 0 Å². The Hall–Kier alpha value is -0.910. The molecule has 0 saturated carbocycles. The van der Waals surface area contributed by atoms with Gasteiger partial charge in [-0.1, -0.05) is 44.0 Å². The zero-order chi connectivity index (χ0) is 14.5. The Morgan fingerprint density at radius 3 is 2.45 bits per heavy atom. The van der Waals surface area contributed by atoms with Crippen LogP contribution in [0, 0.1) is 5.82 Å². The molecule has 5 heteroatoms. The van der Waals surface area contributed by atoms with Gasteiger partial charge in [-0.15, -0.1) is 0 Å². The largest absolute Gasteiger partial charge is 0.493 e. The molecule has 106 valence electrons. The lowest BCUT2D eigenvalue weighted by Crippen LogP contribution is -2.04. The summed E-state index contributed by atoms with van der Waals surface area (Å²) in [6.45, 7) is 0.466. The van der Waals surface area contributed by atoms with E-state index < -0.39 is 11.9 Å². The van der Waals surface area contributed by atoms with Crippen molar-refractivity contribution in [3.63, 3.8) is 0 Å². The van der Waals surface area contributed by atoms with Crippen molar-refractivity contribution in [2.75, 3.05) is 11.9 Å². The highest BCUT2D eigenvalue weighted by atomic mass is 79.9. The van der Waals surface area contributed by atoms with E-state index in [1.54, 1.807) is 24.3 Å². The van der Waals surface area contributed by atoms with Crippen molar-refractivity contribution >= 4 is 31.9 Å². The molecule has 0 bridgehead atoms. The average molecular weight is 404 g/mol. The molecule has 0 amide bonds. The highest BCUT2D eigenvalue weighted by Gasteiger charge is 2.15. The Balaban J connectivity index is 2.21. The van der Waals surface area contributed by atoms with Gasteiger partial charge in [0.2, 0.25) is 0 Å². The molecule has 0 aliphatic carbocycles. The van der Waals surface area contributed by atoms with Crippen LogP contribution in [0.1, 0.15) is 17.2 Å². The summed E-state index contributed by atoms with van der Waals surface area (Å²) in [5.41, 5.74) is 0.875. The number of rotatable bonds is 5. The summed E-state index contributed by atoms with van der Waals surface area (Å²) < 4.78 is 20.3. The Morgan fingerprint density at radius 2 is 1.85 bits per heavy atom. The van der Waals surface area contributed by atoms with Crippen LogP contribution in [0.4, 0.5) is 4.39 Å². The van der Waals surface area contributed by atoms with Crippen molar-refractivity contribution in [3.8, 4) is 5.75 Å². The van der Waals surface area contributed by atoms with Gasteiger partial charge < -0.3 is 9.84 Å². The third-order valence-corrected chi connectivity index (χ3v) is 3.65. The summed E-state index contributed by atoms with van der Waals surface area (Å²) in [7, 11) is 0. The molecule has 1 N–H and O–H groups in total. The predicted molar refractivity (Wildman–Crippen MR) is 83.9 cm³/mol. The fourth-order valence-corrected chi connectivity index (χ4v) is 2.23. The maximum absolute atomic E-state index is 14.0. The fraction of sp³-hybridized carbons (Fsp3) is 0.200. The molecule has 0 aliphatic heterocycles. The number of aliphatic hydroxyl groups is 1. The van der Waals surface area contributed by atoms with E-state index >= 15 is 0 Å². The summed E-state index contributed by atoms with van der Waals surface area (Å²) in [6, 6.07) is 11.6. The molecule has 2 nitrogen and oxygen atoms in total. The molecule has 0 fully saturated rings. The molecule has 2 rings (SSSR count). The van der Waals surface area contributed by atoms with E-state index in [4.69, 9.17) is 4.74 Å². The van der Waals surface area contributed by atoms with Crippen LogP contribution in [0.15, 0.2) is 46.9 Å². The van der Waals surface area contributed by atoms with Crippen molar-refractivity contribution in [1.82, 2.24) is 0 Å². The Kier molecular flexibility index (Phi) is 5.57. The van der Waals surface area contributed by atoms with Crippen molar-refractivity contribution in [2.45, 2.75) is 6.10 Å². The fourth-order valence-electron chi connectivity index (χ4n) is 1.80. The van der Waals surface area contributed by atoms with Gasteiger partial charge in [-0.2, -0.15) is 0 Å². The molecule has 1 atom stereocenters. The Labute approximate surface area is 133 Å². The van der Waals surface area contributed by atoms with Crippen LogP contribution in [0.25, 0.3) is 0 Å². The minimum atomic E-state index is -0.992. The molecular formula is C15H13Br2FO2. The first-order valence-corrected chi connectivity index (χ1v) is 7.95. The maximum atomic E-state index is 14.0. The lowest BCUT2D eigenvalue weighted by atomic mass is 10.0. The second kappa shape index (κ2) is 7.20. The molecule has 0 radical (unpaired) electrons. The minimum Gasteiger partial charge on any atom is -0.493 e. The van der Waals surface area contributed by atoms with Gasteiger partial charge in [0.05, 0.1) is 6.61 Å². The van der Waals surface area contributed by atoms with Crippen LogP contribution in [0.2, 0.25) is 0 Å². The molecule has 2 aromatic carbocycles. The first-order chi connectivity index (χ1) is 9.61. The van der Waals surface area contributed by atoms with Crippen LogP contribution < -0.4 is 4.74 Å². The summed E-state index contributed by atoms with van der Waals surface area (Å²) in [4.78, 5) is 0. The third kappa shape index (κ3) is 3.81. The molecule has 0 aromatic heterocycles. The quantitative estimate of drug-likeness (QED) is 0.747. The van der Waals surface area contributed by atoms with Gasteiger partial charge in [0.15, 0.2) is 0 Å². The monoisotopic (exact) mass is 402 g/mol. The highest BCUT2D eigenvalue weighted by molar-refractivity contribution is 9.10. The normalized spacial score (nSPS) is 12.2. The van der Waals surface area contributed by atoms with Gasteiger partial charge in [-0.25, -0.2) is 4.39 Å². The molecular weight excluding hydrogens is 391 g/mol. The van der Waals surface area contributed by atoms with E-state index in [9.17, 15) is 9.50 Å². The van der Waals surface area contributed by atoms with Gasteiger partial charge in [0.1, 0.15) is 17.7 Å². The van der Waals surface area contributed by atoms with E-state index in [2.05, 4.69) is 31.9 Å². The van der Waals surface area contributed by atoms with Crippen molar-refractivity contribution < 1.29 is 14.2 Å². The van der Waals surface area contributed by atoms with Crippen molar-refractivity contribution in [3.05, 3.63) is 63.9 Å². The zero-order valence-electron chi connectivity index (χ0n) is 10.5. The van der Waals surface area contributed by atoms with Gasteiger partial charge >= 0.3 is 0 Å². The number of hydrogen-bond donors (Lipinski definition) is 1. The van der Waals surface area contributed by atoms with Gasteiger partial charge in [-0.3, -0.25) is 0 Å². The number of aliphatic hydroxyl groups excluding tert-OH is 1. The number of ether oxygens (including phenoxy) is 1. The number of alkyl halides is 1. The van der Waals surface area contributed by atoms with Crippen LogP contribution in [0.5, 0.6) is 5.75 Å². The lowest BCUT2D eigenvalue weighted by molar-refractivity contribution is 0.214. The molecule has 0 spiro atoms. The predicted octanol–water partition coefficient (Wildman–Crippen LogP) is 4.44. The molecule has 0 heterocycles. The number of benzene rings is 2. The molecule has 20 heavy (non-hydrogen) atoms. The molecule has 0 saturated heterocycles. The van der Waals surface area contributed by atoms with Crippen LogP contribution >= 0.6 is 31.9 Å². The highest BCUT2D eigenvalue weighted by Crippen LogP contribution is 2.27. The van der Waals surface area contributed by atoms with Crippen molar-refractivity contribution in [1.29, 1.82) is 0 Å². The van der Waals surface area contributed by atoms with Crippen LogP contribution in [0.3, 0.4) is 0 Å². The zero-order valence-corrected chi connectivity index (χ0v) is 13.7. The smallest absolute Gasteiger partial charge is 0.133 e.